The largest absolute Gasteiger partial charge is 0.330 e. The number of para-hydroxylation sites is 1. The van der Waals surface area contributed by atoms with E-state index >= 15 is 0 Å². The molecule has 0 amide bonds. The van der Waals surface area contributed by atoms with Crippen molar-refractivity contribution in [1.82, 2.24) is 9.55 Å². The van der Waals surface area contributed by atoms with Crippen LogP contribution >= 0.6 is 0 Å². The number of aromatic nitrogens is 2. The Morgan fingerprint density at radius 2 is 2.06 bits per heavy atom. The molecule has 5 nitrogen and oxygen atoms in total. The molecule has 0 atom stereocenters. The third-order valence-corrected chi connectivity index (χ3v) is 2.87. The normalized spacial score (nSPS) is 10.5. The molecule has 2 aromatic rings. The lowest BCUT2D eigenvalue weighted by molar-refractivity contribution is -0.385. The van der Waals surface area contributed by atoms with E-state index in [9.17, 15) is 10.1 Å². The Labute approximate surface area is 98.9 Å². The Morgan fingerprint density at radius 1 is 1.35 bits per heavy atom. The summed E-state index contributed by atoms with van der Waals surface area (Å²) in [5.74, 6) is 0. The maximum atomic E-state index is 10.9. The number of rotatable bonds is 3. The minimum absolute atomic E-state index is 0.151. The monoisotopic (exact) mass is 231 g/mol. The SMILES string of the molecule is Cc1ncn(Cc2ccccc2[N+](=O)[O-])c1C. The van der Waals surface area contributed by atoms with Crippen LogP contribution in [-0.4, -0.2) is 14.5 Å². The van der Waals surface area contributed by atoms with Gasteiger partial charge >= 0.3 is 0 Å². The van der Waals surface area contributed by atoms with Gasteiger partial charge in [-0.1, -0.05) is 18.2 Å². The van der Waals surface area contributed by atoms with Crippen LogP contribution in [0.2, 0.25) is 0 Å². The molecule has 0 saturated heterocycles. The summed E-state index contributed by atoms with van der Waals surface area (Å²) in [4.78, 5) is 14.7. The predicted octanol–water partition coefficient (Wildman–Crippen LogP) is 2.46. The number of nitrogens with zero attached hydrogens (tertiary/aromatic N) is 3. The van der Waals surface area contributed by atoms with Crippen LogP contribution in [0, 0.1) is 24.0 Å². The lowest BCUT2D eigenvalue weighted by atomic mass is 10.2. The Kier molecular flexibility index (Phi) is 2.91. The van der Waals surface area contributed by atoms with Crippen LogP contribution in [0.4, 0.5) is 5.69 Å². The van der Waals surface area contributed by atoms with Crippen molar-refractivity contribution in [3.63, 3.8) is 0 Å². The van der Waals surface area contributed by atoms with Crippen LogP contribution in [0.3, 0.4) is 0 Å². The van der Waals surface area contributed by atoms with Crippen molar-refractivity contribution in [2.75, 3.05) is 0 Å². The summed E-state index contributed by atoms with van der Waals surface area (Å²) < 4.78 is 1.91. The van der Waals surface area contributed by atoms with E-state index < -0.39 is 0 Å². The molecule has 0 fully saturated rings. The average molecular weight is 231 g/mol. The number of aryl methyl sites for hydroxylation is 1. The highest BCUT2D eigenvalue weighted by atomic mass is 16.6. The van der Waals surface area contributed by atoms with E-state index in [0.717, 1.165) is 11.4 Å². The van der Waals surface area contributed by atoms with E-state index in [1.54, 1.807) is 24.5 Å². The molecule has 0 aliphatic carbocycles. The maximum Gasteiger partial charge on any atom is 0.274 e. The molecule has 0 N–H and O–H groups in total. The zero-order chi connectivity index (χ0) is 12.4. The van der Waals surface area contributed by atoms with Gasteiger partial charge in [-0.05, 0) is 13.8 Å². The summed E-state index contributed by atoms with van der Waals surface area (Å²) in [6.07, 6.45) is 1.71. The third kappa shape index (κ3) is 2.18. The highest BCUT2D eigenvalue weighted by molar-refractivity contribution is 5.40. The Morgan fingerprint density at radius 3 is 2.65 bits per heavy atom. The van der Waals surface area contributed by atoms with Gasteiger partial charge in [0.15, 0.2) is 0 Å². The highest BCUT2D eigenvalue weighted by Crippen LogP contribution is 2.19. The number of hydrogen-bond acceptors (Lipinski definition) is 3. The fourth-order valence-electron chi connectivity index (χ4n) is 1.71. The molecule has 2 rings (SSSR count). The number of nitro benzene ring substituents is 1. The fraction of sp³-hybridized carbons (Fsp3) is 0.250. The van der Waals surface area contributed by atoms with Crippen LogP contribution in [0.1, 0.15) is 17.0 Å². The number of nitro groups is 1. The van der Waals surface area contributed by atoms with Crippen LogP contribution in [-0.2, 0) is 6.54 Å². The van der Waals surface area contributed by atoms with Crippen LogP contribution < -0.4 is 0 Å². The van der Waals surface area contributed by atoms with E-state index in [1.807, 2.05) is 18.4 Å². The molecule has 88 valence electrons. The topological polar surface area (TPSA) is 61.0 Å². The lowest BCUT2D eigenvalue weighted by Gasteiger charge is -2.06. The molecule has 1 aromatic carbocycles. The van der Waals surface area contributed by atoms with Gasteiger partial charge in [-0.3, -0.25) is 10.1 Å². The first kappa shape index (κ1) is 11.3. The molecule has 0 aliphatic heterocycles. The molecular weight excluding hydrogens is 218 g/mol. The predicted molar refractivity (Wildman–Crippen MR) is 63.9 cm³/mol. The van der Waals surface area contributed by atoms with Crippen molar-refractivity contribution < 1.29 is 4.92 Å². The van der Waals surface area contributed by atoms with Gasteiger partial charge in [0.2, 0.25) is 0 Å². The minimum atomic E-state index is -0.353. The van der Waals surface area contributed by atoms with Crippen molar-refractivity contribution in [1.29, 1.82) is 0 Å². The van der Waals surface area contributed by atoms with Gasteiger partial charge in [-0.15, -0.1) is 0 Å². The fourth-order valence-corrected chi connectivity index (χ4v) is 1.71. The van der Waals surface area contributed by atoms with Gasteiger partial charge in [-0.2, -0.15) is 0 Å². The molecule has 17 heavy (non-hydrogen) atoms. The molecule has 0 radical (unpaired) electrons. The van der Waals surface area contributed by atoms with Crippen LogP contribution in [0.15, 0.2) is 30.6 Å². The molecule has 0 saturated carbocycles. The quantitative estimate of drug-likeness (QED) is 0.602. The number of hydrogen-bond donors (Lipinski definition) is 0. The summed E-state index contributed by atoms with van der Waals surface area (Å²) in [5, 5.41) is 10.9. The van der Waals surface area contributed by atoms with E-state index in [-0.39, 0.29) is 10.6 Å². The first-order valence-electron chi connectivity index (χ1n) is 5.30. The maximum absolute atomic E-state index is 10.9. The summed E-state index contributed by atoms with van der Waals surface area (Å²) in [6.45, 7) is 4.35. The van der Waals surface area contributed by atoms with Crippen LogP contribution in [0.5, 0.6) is 0 Å². The third-order valence-electron chi connectivity index (χ3n) is 2.87. The second kappa shape index (κ2) is 4.37. The summed E-state index contributed by atoms with van der Waals surface area (Å²) in [7, 11) is 0. The molecular formula is C12H13N3O2. The van der Waals surface area contributed by atoms with Crippen molar-refractivity contribution in [2.45, 2.75) is 20.4 Å². The van der Waals surface area contributed by atoms with E-state index in [4.69, 9.17) is 0 Å². The Balaban J connectivity index is 2.36. The second-order valence-corrected chi connectivity index (χ2v) is 3.93. The summed E-state index contributed by atoms with van der Waals surface area (Å²) in [6, 6.07) is 6.77. The van der Waals surface area contributed by atoms with Crippen molar-refractivity contribution in [3.05, 3.63) is 57.7 Å². The Bertz CT molecular complexity index is 561. The van der Waals surface area contributed by atoms with E-state index in [2.05, 4.69) is 4.98 Å². The summed E-state index contributed by atoms with van der Waals surface area (Å²) >= 11 is 0. The lowest BCUT2D eigenvalue weighted by Crippen LogP contribution is -2.03. The van der Waals surface area contributed by atoms with Gasteiger partial charge in [0.1, 0.15) is 0 Å². The van der Waals surface area contributed by atoms with Gasteiger partial charge in [0.25, 0.3) is 5.69 Å². The molecule has 0 unspecified atom stereocenters. The second-order valence-electron chi connectivity index (χ2n) is 3.93. The molecule has 1 aromatic heterocycles. The zero-order valence-corrected chi connectivity index (χ0v) is 9.75. The molecule has 5 heteroatoms. The van der Waals surface area contributed by atoms with Gasteiger partial charge in [0.05, 0.1) is 23.5 Å². The van der Waals surface area contributed by atoms with Gasteiger partial charge in [-0.25, -0.2) is 4.98 Å². The molecule has 0 bridgehead atoms. The van der Waals surface area contributed by atoms with Crippen molar-refractivity contribution >= 4 is 5.69 Å². The minimum Gasteiger partial charge on any atom is -0.330 e. The first-order chi connectivity index (χ1) is 8.09. The van der Waals surface area contributed by atoms with Gasteiger partial charge in [0, 0.05) is 17.3 Å². The highest BCUT2D eigenvalue weighted by Gasteiger charge is 2.13. The van der Waals surface area contributed by atoms with E-state index in [0.29, 0.717) is 12.1 Å². The molecule has 1 heterocycles. The van der Waals surface area contributed by atoms with Crippen LogP contribution in [0.25, 0.3) is 0 Å². The number of imidazole rings is 1. The Hall–Kier alpha value is -2.17. The molecule has 0 aliphatic rings. The average Bonchev–Trinajstić information content (AvgIpc) is 2.61. The standard InChI is InChI=1S/C12H13N3O2/c1-9-10(2)14(8-13-9)7-11-5-3-4-6-12(11)15(16)17/h3-6,8H,7H2,1-2H3. The zero-order valence-electron chi connectivity index (χ0n) is 9.75. The smallest absolute Gasteiger partial charge is 0.274 e. The number of benzene rings is 1. The van der Waals surface area contributed by atoms with Crippen molar-refractivity contribution in [2.24, 2.45) is 0 Å². The first-order valence-corrected chi connectivity index (χ1v) is 5.30. The van der Waals surface area contributed by atoms with Crippen molar-refractivity contribution in [3.8, 4) is 0 Å². The van der Waals surface area contributed by atoms with E-state index in [1.165, 1.54) is 6.07 Å². The molecule has 0 spiro atoms. The van der Waals surface area contributed by atoms with Gasteiger partial charge < -0.3 is 4.57 Å². The summed E-state index contributed by atoms with van der Waals surface area (Å²) in [5.41, 5.74) is 2.82.